The minimum Gasteiger partial charge on any atom is -0.356 e. The molecule has 20 heavy (non-hydrogen) atoms. The van der Waals surface area contributed by atoms with Crippen LogP contribution in [0.1, 0.15) is 29.8 Å². The highest BCUT2D eigenvalue weighted by molar-refractivity contribution is 5.92. The third-order valence-electron chi connectivity index (χ3n) is 4.27. The second-order valence-corrected chi connectivity index (χ2v) is 5.93. The number of nitrogens with one attached hydrogen (secondary N) is 1. The van der Waals surface area contributed by atoms with E-state index in [1.807, 2.05) is 15.7 Å². The van der Waals surface area contributed by atoms with Crippen molar-refractivity contribution >= 4 is 11.9 Å². The summed E-state index contributed by atoms with van der Waals surface area (Å²) in [5.74, 6) is 0.904. The second-order valence-electron chi connectivity index (χ2n) is 5.93. The van der Waals surface area contributed by atoms with Crippen molar-refractivity contribution < 1.29 is 4.79 Å². The van der Waals surface area contributed by atoms with Gasteiger partial charge in [-0.1, -0.05) is 0 Å². The summed E-state index contributed by atoms with van der Waals surface area (Å²) in [6.45, 7) is 3.54. The van der Waals surface area contributed by atoms with Crippen molar-refractivity contribution in [3.05, 3.63) is 11.9 Å². The minimum absolute atomic E-state index is 0.0697. The molecule has 1 amide bonds. The SMILES string of the molecule is CN(C)C1CCCN(C(=O)c2cn3c(n2)NCCC3)C1. The summed E-state index contributed by atoms with van der Waals surface area (Å²) in [7, 11) is 4.16. The smallest absolute Gasteiger partial charge is 0.274 e. The lowest BCUT2D eigenvalue weighted by Gasteiger charge is -2.35. The molecule has 1 unspecified atom stereocenters. The van der Waals surface area contributed by atoms with E-state index in [2.05, 4.69) is 29.3 Å². The fourth-order valence-corrected chi connectivity index (χ4v) is 3.00. The Kier molecular flexibility index (Phi) is 3.65. The molecule has 0 bridgehead atoms. The molecule has 0 aliphatic carbocycles. The third kappa shape index (κ3) is 2.52. The van der Waals surface area contributed by atoms with Gasteiger partial charge in [0.2, 0.25) is 5.95 Å². The van der Waals surface area contributed by atoms with Gasteiger partial charge in [0.25, 0.3) is 5.91 Å². The van der Waals surface area contributed by atoms with Gasteiger partial charge in [-0.25, -0.2) is 4.98 Å². The number of rotatable bonds is 2. The van der Waals surface area contributed by atoms with Crippen molar-refractivity contribution in [2.45, 2.75) is 31.8 Å². The van der Waals surface area contributed by atoms with Gasteiger partial charge >= 0.3 is 0 Å². The van der Waals surface area contributed by atoms with E-state index in [1.54, 1.807) is 0 Å². The average Bonchev–Trinajstić information content (AvgIpc) is 2.90. The maximum Gasteiger partial charge on any atom is 0.274 e. The summed E-state index contributed by atoms with van der Waals surface area (Å²) in [6, 6.07) is 0.461. The largest absolute Gasteiger partial charge is 0.356 e. The summed E-state index contributed by atoms with van der Waals surface area (Å²) >= 11 is 0. The summed E-state index contributed by atoms with van der Waals surface area (Å²) in [4.78, 5) is 21.2. The fraction of sp³-hybridized carbons (Fsp3) is 0.714. The van der Waals surface area contributed by atoms with Crippen LogP contribution in [0.3, 0.4) is 0 Å². The minimum atomic E-state index is 0.0697. The number of aryl methyl sites for hydroxylation is 1. The monoisotopic (exact) mass is 277 g/mol. The first-order chi connectivity index (χ1) is 9.65. The first kappa shape index (κ1) is 13.4. The summed E-state index contributed by atoms with van der Waals surface area (Å²) in [6.07, 6.45) is 5.21. The molecule has 0 radical (unpaired) electrons. The lowest BCUT2D eigenvalue weighted by molar-refractivity contribution is 0.0630. The first-order valence-electron chi connectivity index (χ1n) is 7.42. The Morgan fingerprint density at radius 1 is 1.40 bits per heavy atom. The van der Waals surface area contributed by atoms with Crippen LogP contribution in [0.5, 0.6) is 0 Å². The molecule has 3 heterocycles. The first-order valence-corrected chi connectivity index (χ1v) is 7.42. The van der Waals surface area contributed by atoms with Gasteiger partial charge in [0.1, 0.15) is 5.69 Å². The van der Waals surface area contributed by atoms with Crippen LogP contribution in [-0.2, 0) is 6.54 Å². The van der Waals surface area contributed by atoms with E-state index in [4.69, 9.17) is 0 Å². The summed E-state index contributed by atoms with van der Waals surface area (Å²) < 4.78 is 2.05. The molecule has 6 nitrogen and oxygen atoms in total. The highest BCUT2D eigenvalue weighted by Crippen LogP contribution is 2.19. The Morgan fingerprint density at radius 3 is 3.00 bits per heavy atom. The maximum atomic E-state index is 12.6. The number of nitrogens with zero attached hydrogens (tertiary/aromatic N) is 4. The Morgan fingerprint density at radius 2 is 2.25 bits per heavy atom. The van der Waals surface area contributed by atoms with Crippen molar-refractivity contribution in [1.82, 2.24) is 19.4 Å². The molecule has 0 spiro atoms. The normalized spacial score (nSPS) is 22.6. The molecule has 0 aromatic carbocycles. The summed E-state index contributed by atoms with van der Waals surface area (Å²) in [5.41, 5.74) is 0.578. The van der Waals surface area contributed by atoms with Gasteiger partial charge in [-0.3, -0.25) is 4.79 Å². The molecule has 1 atom stereocenters. The third-order valence-corrected chi connectivity index (χ3v) is 4.27. The van der Waals surface area contributed by atoms with Gasteiger partial charge in [-0.15, -0.1) is 0 Å². The van der Waals surface area contributed by atoms with Crippen molar-refractivity contribution in [2.75, 3.05) is 39.0 Å². The maximum absolute atomic E-state index is 12.6. The molecular formula is C14H23N5O. The van der Waals surface area contributed by atoms with Crippen LogP contribution >= 0.6 is 0 Å². The molecule has 1 saturated heterocycles. The van der Waals surface area contributed by atoms with Gasteiger partial charge in [0.05, 0.1) is 0 Å². The summed E-state index contributed by atoms with van der Waals surface area (Å²) in [5, 5.41) is 3.24. The Labute approximate surface area is 119 Å². The average molecular weight is 277 g/mol. The topological polar surface area (TPSA) is 53.4 Å². The van der Waals surface area contributed by atoms with Crippen LogP contribution in [0.25, 0.3) is 0 Å². The number of imidazole rings is 1. The molecule has 1 aromatic rings. The number of hydrogen-bond acceptors (Lipinski definition) is 4. The molecule has 1 fully saturated rings. The number of piperidine rings is 1. The predicted octanol–water partition coefficient (Wildman–Crippen LogP) is 0.865. The van der Waals surface area contributed by atoms with Crippen molar-refractivity contribution in [3.63, 3.8) is 0 Å². The zero-order valence-corrected chi connectivity index (χ0v) is 12.3. The van der Waals surface area contributed by atoms with Gasteiger partial charge < -0.3 is 19.7 Å². The van der Waals surface area contributed by atoms with E-state index >= 15 is 0 Å². The molecule has 2 aliphatic heterocycles. The highest BCUT2D eigenvalue weighted by atomic mass is 16.2. The molecule has 1 N–H and O–H groups in total. The number of likely N-dealkylation sites (tertiary alicyclic amines) is 1. The number of likely N-dealkylation sites (N-methyl/N-ethyl adjacent to an activating group) is 1. The highest BCUT2D eigenvalue weighted by Gasteiger charge is 2.27. The standard InChI is InChI=1S/C14H23N5O/c1-17(2)11-5-3-7-18(9-11)13(20)12-10-19-8-4-6-15-14(19)16-12/h10-11H,3-9H2,1-2H3,(H,15,16). The van der Waals surface area contributed by atoms with E-state index in [0.717, 1.165) is 51.4 Å². The predicted molar refractivity (Wildman–Crippen MR) is 77.9 cm³/mol. The fourth-order valence-electron chi connectivity index (χ4n) is 3.00. The van der Waals surface area contributed by atoms with Crippen molar-refractivity contribution in [2.24, 2.45) is 0 Å². The number of amides is 1. The van der Waals surface area contributed by atoms with Crippen LogP contribution < -0.4 is 5.32 Å². The molecule has 110 valence electrons. The quantitative estimate of drug-likeness (QED) is 0.871. The van der Waals surface area contributed by atoms with Crippen LogP contribution in [0.15, 0.2) is 6.20 Å². The lowest BCUT2D eigenvalue weighted by Crippen LogP contribution is -2.47. The Balaban J connectivity index is 1.73. The number of anilines is 1. The van der Waals surface area contributed by atoms with Gasteiger partial charge in [0.15, 0.2) is 0 Å². The van der Waals surface area contributed by atoms with Gasteiger partial charge in [0, 0.05) is 38.4 Å². The number of hydrogen-bond donors (Lipinski definition) is 1. The van der Waals surface area contributed by atoms with Gasteiger partial charge in [-0.05, 0) is 33.4 Å². The molecule has 2 aliphatic rings. The number of carbonyl (C=O) groups excluding carboxylic acids is 1. The number of fused-ring (bicyclic) bond motifs is 1. The van der Waals surface area contributed by atoms with Crippen LogP contribution in [0, 0.1) is 0 Å². The Bertz CT molecular complexity index is 472. The lowest BCUT2D eigenvalue weighted by atomic mass is 10.0. The second kappa shape index (κ2) is 5.44. The van der Waals surface area contributed by atoms with E-state index in [9.17, 15) is 4.79 Å². The van der Waals surface area contributed by atoms with E-state index in [1.165, 1.54) is 0 Å². The Hall–Kier alpha value is -1.56. The molecule has 6 heteroatoms. The van der Waals surface area contributed by atoms with Crippen molar-refractivity contribution in [3.8, 4) is 0 Å². The number of carbonyl (C=O) groups is 1. The van der Waals surface area contributed by atoms with Gasteiger partial charge in [-0.2, -0.15) is 0 Å². The van der Waals surface area contributed by atoms with E-state index in [0.29, 0.717) is 11.7 Å². The van der Waals surface area contributed by atoms with Crippen LogP contribution in [-0.4, -0.2) is 65.0 Å². The molecular weight excluding hydrogens is 254 g/mol. The molecule has 0 saturated carbocycles. The van der Waals surface area contributed by atoms with Crippen LogP contribution in [0.2, 0.25) is 0 Å². The number of aromatic nitrogens is 2. The van der Waals surface area contributed by atoms with E-state index < -0.39 is 0 Å². The van der Waals surface area contributed by atoms with Crippen molar-refractivity contribution in [1.29, 1.82) is 0 Å². The molecule has 3 rings (SSSR count). The molecule has 1 aromatic heterocycles. The van der Waals surface area contributed by atoms with Crippen LogP contribution in [0.4, 0.5) is 5.95 Å². The van der Waals surface area contributed by atoms with E-state index in [-0.39, 0.29) is 5.91 Å². The zero-order chi connectivity index (χ0) is 14.1. The zero-order valence-electron chi connectivity index (χ0n) is 12.3.